The molecule has 4 heteroatoms. The second kappa shape index (κ2) is 4.62. The molecule has 2 aromatic rings. The zero-order chi connectivity index (χ0) is 12.3. The minimum atomic E-state index is 0.320. The van der Waals surface area contributed by atoms with Crippen molar-refractivity contribution in [2.45, 2.75) is 13.8 Å². The van der Waals surface area contributed by atoms with E-state index in [1.54, 1.807) is 18.6 Å². The summed E-state index contributed by atoms with van der Waals surface area (Å²) in [4.78, 5) is 8.13. The van der Waals surface area contributed by atoms with E-state index in [1.165, 1.54) is 11.1 Å². The van der Waals surface area contributed by atoms with Gasteiger partial charge in [0.2, 0.25) is 5.95 Å². The highest BCUT2D eigenvalue weighted by molar-refractivity contribution is 5.66. The number of aryl methyl sites for hydroxylation is 2. The van der Waals surface area contributed by atoms with Gasteiger partial charge < -0.3 is 0 Å². The molecule has 0 saturated heterocycles. The summed E-state index contributed by atoms with van der Waals surface area (Å²) >= 11 is 0. The molecule has 0 atom stereocenters. The van der Waals surface area contributed by atoms with Gasteiger partial charge in [-0.1, -0.05) is 23.8 Å². The van der Waals surface area contributed by atoms with E-state index >= 15 is 0 Å². The van der Waals surface area contributed by atoms with Crippen molar-refractivity contribution in [1.82, 2.24) is 9.97 Å². The number of hydrogen-bond acceptors (Lipinski definition) is 4. The van der Waals surface area contributed by atoms with Crippen LogP contribution in [-0.2, 0) is 0 Å². The Bertz CT molecular complexity index is 567. The first-order valence-electron chi connectivity index (χ1n) is 5.25. The van der Waals surface area contributed by atoms with Crippen LogP contribution in [0.25, 0.3) is 11.1 Å². The van der Waals surface area contributed by atoms with Gasteiger partial charge in [0.05, 0.1) is 0 Å². The summed E-state index contributed by atoms with van der Waals surface area (Å²) in [5, 5.41) is 10.8. The van der Waals surface area contributed by atoms with Gasteiger partial charge in [0, 0.05) is 18.0 Å². The minimum absolute atomic E-state index is 0.320. The predicted molar refractivity (Wildman–Crippen MR) is 66.2 cm³/mol. The molecule has 0 aliphatic carbocycles. The standard InChI is InChI=1S/C13H12N4/c1-9-3-4-12(10(2)5-9)11-6-15-13(16-7-11)17-8-14/h3-7H,1-2H3,(H,15,16,17). The van der Waals surface area contributed by atoms with Gasteiger partial charge in [-0.05, 0) is 25.0 Å². The van der Waals surface area contributed by atoms with Crippen LogP contribution in [0.4, 0.5) is 5.95 Å². The molecule has 17 heavy (non-hydrogen) atoms. The molecule has 0 radical (unpaired) electrons. The van der Waals surface area contributed by atoms with Crippen LogP contribution in [0.5, 0.6) is 0 Å². The second-order valence-corrected chi connectivity index (χ2v) is 3.85. The Hall–Kier alpha value is -2.41. The zero-order valence-corrected chi connectivity index (χ0v) is 9.73. The molecule has 4 nitrogen and oxygen atoms in total. The number of nitriles is 1. The van der Waals surface area contributed by atoms with Gasteiger partial charge in [-0.2, -0.15) is 5.26 Å². The highest BCUT2D eigenvalue weighted by atomic mass is 15.1. The fraction of sp³-hybridized carbons (Fsp3) is 0.154. The van der Waals surface area contributed by atoms with Gasteiger partial charge in [0.1, 0.15) is 0 Å². The van der Waals surface area contributed by atoms with Crippen LogP contribution in [0.2, 0.25) is 0 Å². The Balaban J connectivity index is 2.37. The van der Waals surface area contributed by atoms with E-state index in [9.17, 15) is 0 Å². The lowest BCUT2D eigenvalue weighted by atomic mass is 10.0. The first-order chi connectivity index (χ1) is 8.20. The van der Waals surface area contributed by atoms with Gasteiger partial charge in [-0.15, -0.1) is 0 Å². The summed E-state index contributed by atoms with van der Waals surface area (Å²) in [7, 11) is 0. The molecule has 1 heterocycles. The van der Waals surface area contributed by atoms with Crippen molar-refractivity contribution in [3.05, 3.63) is 41.7 Å². The largest absolute Gasteiger partial charge is 0.261 e. The topological polar surface area (TPSA) is 61.6 Å². The van der Waals surface area contributed by atoms with Gasteiger partial charge >= 0.3 is 0 Å². The van der Waals surface area contributed by atoms with Crippen LogP contribution in [0.15, 0.2) is 30.6 Å². The third-order valence-electron chi connectivity index (χ3n) is 2.51. The second-order valence-electron chi connectivity index (χ2n) is 3.85. The molecule has 0 saturated carbocycles. The summed E-state index contributed by atoms with van der Waals surface area (Å²) in [6.45, 7) is 4.12. The number of benzene rings is 1. The smallest absolute Gasteiger partial charge is 0.236 e. The molecule has 1 aromatic heterocycles. The molecule has 84 valence electrons. The lowest BCUT2D eigenvalue weighted by Gasteiger charge is -2.06. The molecule has 0 amide bonds. The molecule has 0 spiro atoms. The Kier molecular flexibility index (Phi) is 3.01. The number of hydrogen-bond donors (Lipinski definition) is 1. The maximum absolute atomic E-state index is 8.44. The van der Waals surface area contributed by atoms with Crippen LogP contribution in [0.1, 0.15) is 11.1 Å². The zero-order valence-electron chi connectivity index (χ0n) is 9.73. The molecule has 1 N–H and O–H groups in total. The molecule has 0 aliphatic rings. The van der Waals surface area contributed by atoms with E-state index in [-0.39, 0.29) is 0 Å². The summed E-state index contributed by atoms with van der Waals surface area (Å²) in [6.07, 6.45) is 5.21. The van der Waals surface area contributed by atoms with E-state index in [4.69, 9.17) is 5.26 Å². The average Bonchev–Trinajstić information content (AvgIpc) is 2.31. The van der Waals surface area contributed by atoms with Gasteiger partial charge in [-0.25, -0.2) is 9.97 Å². The van der Waals surface area contributed by atoms with Crippen LogP contribution >= 0.6 is 0 Å². The van der Waals surface area contributed by atoms with Crippen molar-refractivity contribution in [3.63, 3.8) is 0 Å². The van der Waals surface area contributed by atoms with E-state index in [1.807, 2.05) is 0 Å². The number of anilines is 1. The van der Waals surface area contributed by atoms with E-state index in [2.05, 4.69) is 47.3 Å². The summed E-state index contributed by atoms with van der Waals surface area (Å²) < 4.78 is 0. The van der Waals surface area contributed by atoms with E-state index < -0.39 is 0 Å². The van der Waals surface area contributed by atoms with E-state index in [0.29, 0.717) is 5.95 Å². The van der Waals surface area contributed by atoms with Crippen molar-refractivity contribution in [2.75, 3.05) is 5.32 Å². The molecule has 0 unspecified atom stereocenters. The molecule has 1 aromatic carbocycles. The van der Waals surface area contributed by atoms with Crippen molar-refractivity contribution in [1.29, 1.82) is 5.26 Å². The van der Waals surface area contributed by atoms with Gasteiger partial charge in [0.25, 0.3) is 0 Å². The van der Waals surface area contributed by atoms with Crippen molar-refractivity contribution >= 4 is 5.95 Å². The van der Waals surface area contributed by atoms with Crippen molar-refractivity contribution in [3.8, 4) is 17.3 Å². The number of nitrogens with zero attached hydrogens (tertiary/aromatic N) is 3. The van der Waals surface area contributed by atoms with Crippen LogP contribution in [0.3, 0.4) is 0 Å². The number of aromatic nitrogens is 2. The lowest BCUT2D eigenvalue weighted by Crippen LogP contribution is -1.95. The van der Waals surface area contributed by atoms with Gasteiger partial charge in [0.15, 0.2) is 6.19 Å². The van der Waals surface area contributed by atoms with Crippen LogP contribution in [0, 0.1) is 25.3 Å². The van der Waals surface area contributed by atoms with Crippen molar-refractivity contribution < 1.29 is 0 Å². The Morgan fingerprint density at radius 2 is 1.88 bits per heavy atom. The summed E-state index contributed by atoms with van der Waals surface area (Å²) in [6, 6.07) is 6.24. The monoisotopic (exact) mass is 224 g/mol. The fourth-order valence-corrected chi connectivity index (χ4v) is 1.72. The SMILES string of the molecule is Cc1ccc(-c2cnc(NC#N)nc2)c(C)c1. The minimum Gasteiger partial charge on any atom is -0.261 e. The molecule has 0 aliphatic heterocycles. The predicted octanol–water partition coefficient (Wildman–Crippen LogP) is 2.65. The van der Waals surface area contributed by atoms with E-state index in [0.717, 1.165) is 11.1 Å². The maximum Gasteiger partial charge on any atom is 0.236 e. The fourth-order valence-electron chi connectivity index (χ4n) is 1.72. The highest BCUT2D eigenvalue weighted by Gasteiger charge is 2.03. The van der Waals surface area contributed by atoms with Crippen LogP contribution in [-0.4, -0.2) is 9.97 Å². The first kappa shape index (κ1) is 11.1. The highest BCUT2D eigenvalue weighted by Crippen LogP contribution is 2.23. The molecular weight excluding hydrogens is 212 g/mol. The average molecular weight is 224 g/mol. The Morgan fingerprint density at radius 3 is 2.47 bits per heavy atom. The van der Waals surface area contributed by atoms with Crippen molar-refractivity contribution in [2.24, 2.45) is 0 Å². The molecule has 2 rings (SSSR count). The Morgan fingerprint density at radius 1 is 1.18 bits per heavy atom. The molecular formula is C13H12N4. The molecule has 0 bridgehead atoms. The number of nitrogens with one attached hydrogen (secondary N) is 1. The third kappa shape index (κ3) is 2.40. The maximum atomic E-state index is 8.44. The summed E-state index contributed by atoms with van der Waals surface area (Å²) in [5.41, 5.74) is 4.48. The molecule has 0 fully saturated rings. The Labute approximate surface area is 100.0 Å². The number of rotatable bonds is 2. The summed E-state index contributed by atoms with van der Waals surface area (Å²) in [5.74, 6) is 0.320. The first-order valence-corrected chi connectivity index (χ1v) is 5.25. The normalized spacial score (nSPS) is 9.71. The van der Waals surface area contributed by atoms with Gasteiger partial charge in [-0.3, -0.25) is 5.32 Å². The quantitative estimate of drug-likeness (QED) is 0.629. The lowest BCUT2D eigenvalue weighted by molar-refractivity contribution is 1.16. The third-order valence-corrected chi connectivity index (χ3v) is 2.51. The van der Waals surface area contributed by atoms with Crippen LogP contribution < -0.4 is 5.32 Å².